The summed E-state index contributed by atoms with van der Waals surface area (Å²) in [6.07, 6.45) is 0. The molecule has 1 aromatic rings. The Morgan fingerprint density at radius 1 is 1.18 bits per heavy atom. The number of carbonyl (C=O) groups is 3. The number of benzene rings is 1. The van der Waals surface area contributed by atoms with Crippen LogP contribution in [-0.4, -0.2) is 23.9 Å². The maximum atomic E-state index is 11.6. The number of ether oxygens (including phenoxy) is 1. The standard InChI is InChI=1S/C12H13NO4/c1-8(12(16)17-9(2)14)13-11(15)10-6-4-3-5-7-10/h3-8H,1-2H3,(H,13,15). The third-order valence-corrected chi connectivity index (χ3v) is 1.98. The second kappa shape index (κ2) is 5.79. The zero-order valence-corrected chi connectivity index (χ0v) is 9.60. The minimum Gasteiger partial charge on any atom is -0.392 e. The SMILES string of the molecule is CC(=O)OC(=O)C(C)NC(=O)c1ccccc1. The van der Waals surface area contributed by atoms with E-state index < -0.39 is 23.9 Å². The molecule has 1 amide bonds. The zero-order chi connectivity index (χ0) is 12.8. The molecule has 1 unspecified atom stereocenters. The zero-order valence-electron chi connectivity index (χ0n) is 9.60. The highest BCUT2D eigenvalue weighted by Crippen LogP contribution is 1.99. The fraction of sp³-hybridized carbons (Fsp3) is 0.250. The lowest BCUT2D eigenvalue weighted by Gasteiger charge is -2.11. The molecule has 1 atom stereocenters. The second-order valence-corrected chi connectivity index (χ2v) is 3.47. The third-order valence-electron chi connectivity index (χ3n) is 1.98. The van der Waals surface area contributed by atoms with Crippen LogP contribution in [0, 0.1) is 0 Å². The summed E-state index contributed by atoms with van der Waals surface area (Å²) in [5.41, 5.74) is 0.440. The van der Waals surface area contributed by atoms with E-state index in [-0.39, 0.29) is 0 Å². The molecule has 1 aromatic carbocycles. The first-order valence-corrected chi connectivity index (χ1v) is 5.09. The van der Waals surface area contributed by atoms with Gasteiger partial charge in [0.25, 0.3) is 5.91 Å². The number of carbonyl (C=O) groups excluding carboxylic acids is 3. The van der Waals surface area contributed by atoms with Crippen molar-refractivity contribution in [1.82, 2.24) is 5.32 Å². The van der Waals surface area contributed by atoms with E-state index in [1.165, 1.54) is 6.92 Å². The average molecular weight is 235 g/mol. The van der Waals surface area contributed by atoms with Crippen LogP contribution in [0.1, 0.15) is 24.2 Å². The largest absolute Gasteiger partial charge is 0.392 e. The van der Waals surface area contributed by atoms with E-state index in [1.807, 2.05) is 0 Å². The van der Waals surface area contributed by atoms with Gasteiger partial charge < -0.3 is 10.1 Å². The Kier molecular flexibility index (Phi) is 4.39. The molecule has 0 bridgehead atoms. The van der Waals surface area contributed by atoms with E-state index >= 15 is 0 Å². The van der Waals surface area contributed by atoms with Crippen LogP contribution in [0.5, 0.6) is 0 Å². The van der Waals surface area contributed by atoms with Crippen molar-refractivity contribution in [3.63, 3.8) is 0 Å². The quantitative estimate of drug-likeness (QED) is 0.624. The predicted molar refractivity (Wildman–Crippen MR) is 60.1 cm³/mol. The molecule has 0 spiro atoms. The molecular formula is C12H13NO4. The monoisotopic (exact) mass is 235 g/mol. The van der Waals surface area contributed by atoms with Gasteiger partial charge in [0.1, 0.15) is 6.04 Å². The molecule has 0 heterocycles. The van der Waals surface area contributed by atoms with E-state index in [0.717, 1.165) is 6.92 Å². The Morgan fingerprint density at radius 3 is 2.29 bits per heavy atom. The Labute approximate surface area is 98.8 Å². The van der Waals surface area contributed by atoms with Crippen molar-refractivity contribution in [2.75, 3.05) is 0 Å². The summed E-state index contributed by atoms with van der Waals surface area (Å²) < 4.78 is 4.36. The van der Waals surface area contributed by atoms with Gasteiger partial charge in [0.05, 0.1) is 0 Å². The van der Waals surface area contributed by atoms with Crippen LogP contribution in [-0.2, 0) is 14.3 Å². The molecule has 0 aliphatic rings. The van der Waals surface area contributed by atoms with Crippen molar-refractivity contribution < 1.29 is 19.1 Å². The summed E-state index contributed by atoms with van der Waals surface area (Å²) in [5, 5.41) is 2.44. The molecule has 0 saturated carbocycles. The second-order valence-electron chi connectivity index (χ2n) is 3.47. The summed E-state index contributed by atoms with van der Waals surface area (Å²) in [4.78, 5) is 33.5. The maximum Gasteiger partial charge on any atom is 0.335 e. The molecule has 0 aromatic heterocycles. The molecule has 0 radical (unpaired) electrons. The first-order valence-electron chi connectivity index (χ1n) is 5.09. The Balaban J connectivity index is 2.57. The van der Waals surface area contributed by atoms with Crippen LogP contribution in [0.15, 0.2) is 30.3 Å². The van der Waals surface area contributed by atoms with Crippen molar-refractivity contribution in [2.24, 2.45) is 0 Å². The Morgan fingerprint density at radius 2 is 1.76 bits per heavy atom. The summed E-state index contributed by atoms with van der Waals surface area (Å²) >= 11 is 0. The molecule has 5 heteroatoms. The molecule has 17 heavy (non-hydrogen) atoms. The molecule has 90 valence electrons. The number of hydrogen-bond donors (Lipinski definition) is 1. The van der Waals surface area contributed by atoms with Gasteiger partial charge in [0.15, 0.2) is 0 Å². The minimum absolute atomic E-state index is 0.390. The predicted octanol–water partition coefficient (Wildman–Crippen LogP) is 0.895. The van der Waals surface area contributed by atoms with Gasteiger partial charge in [-0.25, -0.2) is 4.79 Å². The first-order chi connectivity index (χ1) is 8.00. The highest BCUT2D eigenvalue weighted by Gasteiger charge is 2.19. The van der Waals surface area contributed by atoms with Crippen molar-refractivity contribution >= 4 is 17.8 Å². The van der Waals surface area contributed by atoms with Gasteiger partial charge in [-0.3, -0.25) is 9.59 Å². The highest BCUT2D eigenvalue weighted by atomic mass is 16.6. The normalized spacial score (nSPS) is 11.4. The third kappa shape index (κ3) is 4.06. The van der Waals surface area contributed by atoms with Crippen LogP contribution in [0.4, 0.5) is 0 Å². The number of hydrogen-bond acceptors (Lipinski definition) is 4. The molecule has 1 rings (SSSR count). The van der Waals surface area contributed by atoms with E-state index in [1.54, 1.807) is 30.3 Å². The Bertz CT molecular complexity index is 427. The van der Waals surface area contributed by atoms with Crippen LogP contribution in [0.3, 0.4) is 0 Å². The minimum atomic E-state index is -0.869. The summed E-state index contributed by atoms with van der Waals surface area (Å²) in [6, 6.07) is 7.59. The topological polar surface area (TPSA) is 72.5 Å². The van der Waals surface area contributed by atoms with Crippen molar-refractivity contribution in [3.8, 4) is 0 Å². The number of nitrogens with one attached hydrogen (secondary N) is 1. The lowest BCUT2D eigenvalue weighted by molar-refractivity contribution is -0.159. The van der Waals surface area contributed by atoms with Crippen LogP contribution in [0.2, 0.25) is 0 Å². The van der Waals surface area contributed by atoms with E-state index in [4.69, 9.17) is 0 Å². The van der Waals surface area contributed by atoms with Crippen molar-refractivity contribution in [1.29, 1.82) is 0 Å². The fourth-order valence-electron chi connectivity index (χ4n) is 1.16. The maximum absolute atomic E-state index is 11.6. The van der Waals surface area contributed by atoms with Crippen LogP contribution < -0.4 is 5.32 Å². The average Bonchev–Trinajstić information content (AvgIpc) is 2.29. The van der Waals surface area contributed by atoms with E-state index in [2.05, 4.69) is 10.1 Å². The Hall–Kier alpha value is -2.17. The van der Waals surface area contributed by atoms with Gasteiger partial charge in [0.2, 0.25) is 0 Å². The van der Waals surface area contributed by atoms with Gasteiger partial charge in [-0.05, 0) is 19.1 Å². The number of rotatable bonds is 3. The number of amides is 1. The van der Waals surface area contributed by atoms with Crippen molar-refractivity contribution in [3.05, 3.63) is 35.9 Å². The molecule has 1 N–H and O–H groups in total. The van der Waals surface area contributed by atoms with Gasteiger partial charge in [-0.1, -0.05) is 18.2 Å². The lowest BCUT2D eigenvalue weighted by atomic mass is 10.2. The van der Waals surface area contributed by atoms with E-state index in [0.29, 0.717) is 5.56 Å². The first kappa shape index (κ1) is 12.9. The molecule has 0 saturated heterocycles. The van der Waals surface area contributed by atoms with E-state index in [9.17, 15) is 14.4 Å². The van der Waals surface area contributed by atoms with Gasteiger partial charge >= 0.3 is 11.9 Å². The lowest BCUT2D eigenvalue weighted by Crippen LogP contribution is -2.40. The molecule has 0 aliphatic carbocycles. The van der Waals surface area contributed by atoms with Gasteiger partial charge in [-0.2, -0.15) is 0 Å². The smallest absolute Gasteiger partial charge is 0.335 e. The molecular weight excluding hydrogens is 222 g/mol. The fourth-order valence-corrected chi connectivity index (χ4v) is 1.16. The van der Waals surface area contributed by atoms with Crippen LogP contribution >= 0.6 is 0 Å². The van der Waals surface area contributed by atoms with Gasteiger partial charge in [0, 0.05) is 12.5 Å². The van der Waals surface area contributed by atoms with Crippen molar-refractivity contribution in [2.45, 2.75) is 19.9 Å². The molecule has 0 fully saturated rings. The summed E-state index contributed by atoms with van der Waals surface area (Å²) in [7, 11) is 0. The summed E-state index contributed by atoms with van der Waals surface area (Å²) in [5.74, 6) is -1.86. The molecule has 5 nitrogen and oxygen atoms in total. The van der Waals surface area contributed by atoms with Gasteiger partial charge in [-0.15, -0.1) is 0 Å². The van der Waals surface area contributed by atoms with Crippen LogP contribution in [0.25, 0.3) is 0 Å². The summed E-state index contributed by atoms with van der Waals surface area (Å²) in [6.45, 7) is 2.58. The number of esters is 2. The molecule has 0 aliphatic heterocycles. The highest BCUT2D eigenvalue weighted by molar-refractivity contribution is 5.97.